The summed E-state index contributed by atoms with van der Waals surface area (Å²) in [5, 5.41) is 6.87. The van der Waals surface area contributed by atoms with E-state index in [1.54, 1.807) is 0 Å². The second kappa shape index (κ2) is 2.98. The predicted octanol–water partition coefficient (Wildman–Crippen LogP) is 2.57. The maximum absolute atomic E-state index is 4.00. The molecule has 1 N–H and O–H groups in total. The van der Waals surface area contributed by atoms with Crippen molar-refractivity contribution < 1.29 is 0 Å². The van der Waals surface area contributed by atoms with Gasteiger partial charge in [0.05, 0.1) is 6.20 Å². The lowest BCUT2D eigenvalue weighted by atomic mass is 9.99. The molecule has 1 heterocycles. The highest BCUT2D eigenvalue weighted by molar-refractivity contribution is 5.68. The lowest BCUT2D eigenvalue weighted by Crippen LogP contribution is -1.86. The van der Waals surface area contributed by atoms with E-state index in [0.29, 0.717) is 0 Å². The smallest absolute Gasteiger partial charge is 0.0565 e. The molecule has 0 fully saturated rings. The summed E-state index contributed by atoms with van der Waals surface area (Å²) in [4.78, 5) is 0. The fourth-order valence-corrected chi connectivity index (χ4v) is 2.29. The Kier molecular flexibility index (Phi) is 1.66. The molecule has 1 aromatic carbocycles. The predicted molar refractivity (Wildman–Crippen MR) is 56.0 cm³/mol. The Balaban J connectivity index is 2.20. The first-order valence-electron chi connectivity index (χ1n) is 5.05. The number of hydrogen-bond donors (Lipinski definition) is 1. The molecule has 0 atom stereocenters. The van der Waals surface area contributed by atoms with Gasteiger partial charge in [0.25, 0.3) is 0 Å². The van der Waals surface area contributed by atoms with Crippen molar-refractivity contribution in [3.8, 4) is 11.1 Å². The lowest BCUT2D eigenvalue weighted by Gasteiger charge is -2.05. The van der Waals surface area contributed by atoms with Crippen LogP contribution in [0.4, 0.5) is 0 Å². The van der Waals surface area contributed by atoms with Gasteiger partial charge < -0.3 is 0 Å². The van der Waals surface area contributed by atoms with E-state index in [2.05, 4.69) is 28.4 Å². The van der Waals surface area contributed by atoms with Gasteiger partial charge in [-0.25, -0.2) is 0 Å². The van der Waals surface area contributed by atoms with Crippen molar-refractivity contribution in [2.24, 2.45) is 0 Å². The van der Waals surface area contributed by atoms with Crippen molar-refractivity contribution in [3.05, 3.63) is 41.7 Å². The normalized spacial score (nSPS) is 14.3. The molecule has 1 aliphatic rings. The van der Waals surface area contributed by atoms with Gasteiger partial charge in [-0.15, -0.1) is 0 Å². The number of fused-ring (bicyclic) bond motifs is 1. The van der Waals surface area contributed by atoms with Crippen molar-refractivity contribution in [1.29, 1.82) is 0 Å². The molecular formula is C12H12N2. The molecule has 0 saturated heterocycles. The third-order valence-corrected chi connectivity index (χ3v) is 2.96. The first-order chi connectivity index (χ1) is 6.95. The van der Waals surface area contributed by atoms with E-state index in [1.165, 1.54) is 41.5 Å². The van der Waals surface area contributed by atoms with Crippen LogP contribution in [-0.2, 0) is 12.8 Å². The van der Waals surface area contributed by atoms with Gasteiger partial charge in [0.2, 0.25) is 0 Å². The lowest BCUT2D eigenvalue weighted by molar-refractivity contribution is 0.912. The van der Waals surface area contributed by atoms with Gasteiger partial charge in [-0.05, 0) is 36.0 Å². The van der Waals surface area contributed by atoms with Gasteiger partial charge in [0.1, 0.15) is 0 Å². The summed E-state index contributed by atoms with van der Waals surface area (Å²) >= 11 is 0. The molecule has 0 aliphatic heterocycles. The maximum atomic E-state index is 4.00. The van der Waals surface area contributed by atoms with Crippen LogP contribution >= 0.6 is 0 Å². The molecular weight excluding hydrogens is 172 g/mol. The molecule has 3 rings (SSSR count). The maximum Gasteiger partial charge on any atom is 0.0565 e. The number of aromatic amines is 1. The molecule has 70 valence electrons. The standard InChI is InChI=1S/C12H12N2/c1-3-9-4-2-6-12(11(9)5-1)10-7-13-14-8-10/h2,4,6-8H,1,3,5H2,(H,13,14). The van der Waals surface area contributed by atoms with Gasteiger partial charge in [-0.1, -0.05) is 18.2 Å². The summed E-state index contributed by atoms with van der Waals surface area (Å²) in [7, 11) is 0. The quantitative estimate of drug-likeness (QED) is 0.725. The number of nitrogens with zero attached hydrogens (tertiary/aromatic N) is 1. The highest BCUT2D eigenvalue weighted by atomic mass is 15.1. The van der Waals surface area contributed by atoms with E-state index in [-0.39, 0.29) is 0 Å². The molecule has 0 saturated carbocycles. The summed E-state index contributed by atoms with van der Waals surface area (Å²) < 4.78 is 0. The summed E-state index contributed by atoms with van der Waals surface area (Å²) in [6.45, 7) is 0. The van der Waals surface area contributed by atoms with Crippen LogP contribution in [0.25, 0.3) is 11.1 Å². The van der Waals surface area contributed by atoms with Crippen molar-refractivity contribution in [3.63, 3.8) is 0 Å². The van der Waals surface area contributed by atoms with Crippen LogP contribution in [-0.4, -0.2) is 10.2 Å². The molecule has 2 heteroatoms. The summed E-state index contributed by atoms with van der Waals surface area (Å²) in [5.74, 6) is 0. The minimum atomic E-state index is 1.21. The third kappa shape index (κ3) is 1.07. The molecule has 14 heavy (non-hydrogen) atoms. The minimum Gasteiger partial charge on any atom is -0.285 e. The average Bonchev–Trinajstić information content (AvgIpc) is 2.88. The van der Waals surface area contributed by atoms with Crippen LogP contribution < -0.4 is 0 Å². The Labute approximate surface area is 83.0 Å². The van der Waals surface area contributed by atoms with Crippen LogP contribution in [0.2, 0.25) is 0 Å². The van der Waals surface area contributed by atoms with E-state index in [1.807, 2.05) is 12.4 Å². The number of rotatable bonds is 1. The fourth-order valence-electron chi connectivity index (χ4n) is 2.29. The molecule has 0 bridgehead atoms. The number of aromatic nitrogens is 2. The zero-order valence-electron chi connectivity index (χ0n) is 7.96. The Morgan fingerprint density at radius 1 is 1.21 bits per heavy atom. The Morgan fingerprint density at radius 2 is 2.21 bits per heavy atom. The molecule has 0 spiro atoms. The highest BCUT2D eigenvalue weighted by Gasteiger charge is 2.15. The summed E-state index contributed by atoms with van der Waals surface area (Å²) in [6, 6.07) is 6.58. The van der Waals surface area contributed by atoms with Crippen LogP contribution in [0, 0.1) is 0 Å². The topological polar surface area (TPSA) is 28.7 Å². The van der Waals surface area contributed by atoms with Gasteiger partial charge in [-0.3, -0.25) is 5.10 Å². The summed E-state index contributed by atoms with van der Waals surface area (Å²) in [5.41, 5.74) is 5.61. The fraction of sp³-hybridized carbons (Fsp3) is 0.250. The van der Waals surface area contributed by atoms with E-state index >= 15 is 0 Å². The van der Waals surface area contributed by atoms with Crippen LogP contribution in [0.3, 0.4) is 0 Å². The number of H-pyrrole nitrogens is 1. The van der Waals surface area contributed by atoms with Crippen LogP contribution in [0.5, 0.6) is 0 Å². The Morgan fingerprint density at radius 3 is 3.07 bits per heavy atom. The summed E-state index contributed by atoms with van der Waals surface area (Å²) in [6.07, 6.45) is 7.61. The zero-order chi connectivity index (χ0) is 9.38. The largest absolute Gasteiger partial charge is 0.285 e. The molecule has 2 nitrogen and oxygen atoms in total. The second-order valence-electron chi connectivity index (χ2n) is 3.78. The second-order valence-corrected chi connectivity index (χ2v) is 3.78. The van der Waals surface area contributed by atoms with Crippen LogP contribution in [0.15, 0.2) is 30.6 Å². The van der Waals surface area contributed by atoms with Crippen molar-refractivity contribution in [2.75, 3.05) is 0 Å². The Hall–Kier alpha value is -1.57. The van der Waals surface area contributed by atoms with E-state index in [9.17, 15) is 0 Å². The Bertz CT molecular complexity index is 443. The van der Waals surface area contributed by atoms with Crippen molar-refractivity contribution >= 4 is 0 Å². The van der Waals surface area contributed by atoms with E-state index in [4.69, 9.17) is 0 Å². The van der Waals surface area contributed by atoms with Gasteiger partial charge in [-0.2, -0.15) is 5.10 Å². The first kappa shape index (κ1) is 7.80. The van der Waals surface area contributed by atoms with Gasteiger partial charge in [0.15, 0.2) is 0 Å². The van der Waals surface area contributed by atoms with Gasteiger partial charge >= 0.3 is 0 Å². The zero-order valence-corrected chi connectivity index (χ0v) is 7.96. The molecule has 1 aliphatic carbocycles. The SMILES string of the molecule is c1cc2c(c(-c3cn[nH]c3)c1)CCC2. The highest BCUT2D eigenvalue weighted by Crippen LogP contribution is 2.31. The number of benzene rings is 1. The van der Waals surface area contributed by atoms with Gasteiger partial charge in [0, 0.05) is 11.8 Å². The number of nitrogens with one attached hydrogen (secondary N) is 1. The monoisotopic (exact) mass is 184 g/mol. The number of aryl methyl sites for hydroxylation is 1. The van der Waals surface area contributed by atoms with E-state index < -0.39 is 0 Å². The molecule has 0 unspecified atom stereocenters. The van der Waals surface area contributed by atoms with E-state index in [0.717, 1.165) is 0 Å². The minimum absolute atomic E-state index is 1.21. The average molecular weight is 184 g/mol. The van der Waals surface area contributed by atoms with Crippen molar-refractivity contribution in [1.82, 2.24) is 10.2 Å². The van der Waals surface area contributed by atoms with Crippen LogP contribution in [0.1, 0.15) is 17.5 Å². The third-order valence-electron chi connectivity index (χ3n) is 2.96. The van der Waals surface area contributed by atoms with Crippen molar-refractivity contribution in [2.45, 2.75) is 19.3 Å². The number of hydrogen-bond acceptors (Lipinski definition) is 1. The molecule has 0 radical (unpaired) electrons. The molecule has 1 aromatic heterocycles. The molecule has 2 aromatic rings. The first-order valence-corrected chi connectivity index (χ1v) is 5.05. The molecule has 0 amide bonds.